The van der Waals surface area contributed by atoms with Crippen molar-refractivity contribution in [3.63, 3.8) is 0 Å². The number of carboxylic acids is 1. The summed E-state index contributed by atoms with van der Waals surface area (Å²) in [5.74, 6) is -1.25. The van der Waals surface area contributed by atoms with E-state index in [9.17, 15) is 9.59 Å². The highest BCUT2D eigenvalue weighted by Gasteiger charge is 2.34. The van der Waals surface area contributed by atoms with Crippen LogP contribution in [0.4, 0.5) is 4.79 Å². The Hall–Kier alpha value is -1.34. The normalized spacial score (nSPS) is 24.4. The third-order valence-electron chi connectivity index (χ3n) is 1.89. The quantitative estimate of drug-likeness (QED) is 0.496. The fourth-order valence-electron chi connectivity index (χ4n) is 1.21. The van der Waals surface area contributed by atoms with Crippen LogP contribution >= 0.6 is 0 Å². The number of carboxylic acid groups (broad SMARTS) is 2. The van der Waals surface area contributed by atoms with Crippen molar-refractivity contribution in [1.29, 1.82) is 0 Å². The molecule has 7 nitrogen and oxygen atoms in total. The first kappa shape index (κ1) is 9.75. The number of hydrogen-bond donors (Lipinski definition) is 3. The molecule has 7 heteroatoms. The van der Waals surface area contributed by atoms with Gasteiger partial charge in [-0.3, -0.25) is 4.90 Å². The average molecular weight is 190 g/mol. The van der Waals surface area contributed by atoms with Crippen LogP contribution in [0, 0.1) is 0 Å². The van der Waals surface area contributed by atoms with E-state index in [-0.39, 0.29) is 19.6 Å². The molecule has 1 fully saturated rings. The second-order valence-electron chi connectivity index (χ2n) is 2.74. The Morgan fingerprint density at radius 2 is 1.85 bits per heavy atom. The summed E-state index contributed by atoms with van der Waals surface area (Å²) in [7, 11) is 0. The van der Waals surface area contributed by atoms with Gasteiger partial charge in [-0.15, -0.1) is 0 Å². The predicted molar refractivity (Wildman–Crippen MR) is 39.5 cm³/mol. The molecule has 0 saturated carbocycles. The summed E-state index contributed by atoms with van der Waals surface area (Å²) >= 11 is 0. The lowest BCUT2D eigenvalue weighted by molar-refractivity contribution is -0.161. The largest absolute Gasteiger partial charge is 0.480 e. The van der Waals surface area contributed by atoms with Crippen molar-refractivity contribution < 1.29 is 25.0 Å². The number of aliphatic carboxylic acids is 1. The summed E-state index contributed by atoms with van der Waals surface area (Å²) in [4.78, 5) is 21.9. The van der Waals surface area contributed by atoms with Gasteiger partial charge in [0.15, 0.2) is 0 Å². The van der Waals surface area contributed by atoms with Crippen LogP contribution in [0.1, 0.15) is 0 Å². The molecule has 0 aromatic heterocycles. The fourth-order valence-corrected chi connectivity index (χ4v) is 1.21. The first-order valence-corrected chi connectivity index (χ1v) is 3.68. The van der Waals surface area contributed by atoms with Crippen molar-refractivity contribution in [2.45, 2.75) is 6.04 Å². The molecule has 74 valence electrons. The van der Waals surface area contributed by atoms with Gasteiger partial charge in [0.05, 0.1) is 6.54 Å². The highest BCUT2D eigenvalue weighted by atomic mass is 16.5. The molecule has 0 bridgehead atoms. The molecule has 1 atom stereocenters. The minimum absolute atomic E-state index is 0.00278. The number of nitrogens with zero attached hydrogens (tertiary/aromatic N) is 2. The summed E-state index contributed by atoms with van der Waals surface area (Å²) in [5, 5.41) is 27.0. The van der Waals surface area contributed by atoms with Gasteiger partial charge < -0.3 is 15.4 Å². The molecule has 1 amide bonds. The topological polar surface area (TPSA) is 101 Å². The maximum atomic E-state index is 10.6. The van der Waals surface area contributed by atoms with Crippen LogP contribution in [0.15, 0.2) is 0 Å². The molecule has 13 heavy (non-hydrogen) atoms. The second kappa shape index (κ2) is 3.58. The van der Waals surface area contributed by atoms with Crippen LogP contribution in [0.2, 0.25) is 0 Å². The molecule has 0 radical (unpaired) electrons. The van der Waals surface area contributed by atoms with Crippen molar-refractivity contribution in [3.05, 3.63) is 0 Å². The molecule has 0 aromatic rings. The van der Waals surface area contributed by atoms with Crippen molar-refractivity contribution in [1.82, 2.24) is 9.96 Å². The van der Waals surface area contributed by atoms with Crippen LogP contribution in [0.3, 0.4) is 0 Å². The van der Waals surface area contributed by atoms with Gasteiger partial charge in [0.25, 0.3) is 0 Å². The zero-order chi connectivity index (χ0) is 10.0. The van der Waals surface area contributed by atoms with Crippen molar-refractivity contribution in [3.8, 4) is 0 Å². The number of piperazine rings is 1. The molecule has 0 aromatic carbocycles. The van der Waals surface area contributed by atoms with Gasteiger partial charge in [-0.2, -0.15) is 5.06 Å². The molecule has 0 aliphatic carbocycles. The minimum atomic E-state index is -1.28. The van der Waals surface area contributed by atoms with Gasteiger partial charge in [-0.25, -0.2) is 9.59 Å². The third kappa shape index (κ3) is 2.07. The van der Waals surface area contributed by atoms with Gasteiger partial charge in [-0.05, 0) is 0 Å². The number of hydrogen-bond acceptors (Lipinski definition) is 4. The Kier molecular flexibility index (Phi) is 2.69. The van der Waals surface area contributed by atoms with Crippen molar-refractivity contribution >= 4 is 12.1 Å². The van der Waals surface area contributed by atoms with Gasteiger partial charge in [0.2, 0.25) is 0 Å². The molecule has 1 aliphatic rings. The lowest BCUT2D eigenvalue weighted by atomic mass is 10.2. The van der Waals surface area contributed by atoms with E-state index in [0.717, 1.165) is 9.96 Å². The van der Waals surface area contributed by atoms with Crippen LogP contribution in [0.25, 0.3) is 0 Å². The number of amides is 1. The predicted octanol–water partition coefficient (Wildman–Crippen LogP) is -0.876. The van der Waals surface area contributed by atoms with Gasteiger partial charge in [-0.1, -0.05) is 0 Å². The smallest absolute Gasteiger partial charge is 0.408 e. The monoisotopic (exact) mass is 190 g/mol. The Morgan fingerprint density at radius 3 is 2.31 bits per heavy atom. The van der Waals surface area contributed by atoms with E-state index in [0.29, 0.717) is 0 Å². The maximum absolute atomic E-state index is 10.6. The summed E-state index contributed by atoms with van der Waals surface area (Å²) in [6, 6.07) is -1.18. The Bertz CT molecular complexity index is 231. The number of rotatable bonds is 1. The van der Waals surface area contributed by atoms with Crippen LogP contribution in [-0.4, -0.2) is 63.1 Å². The van der Waals surface area contributed by atoms with E-state index in [2.05, 4.69) is 0 Å². The SMILES string of the molecule is O=C(O)C1CN(O)CCN1C(=O)O. The van der Waals surface area contributed by atoms with Gasteiger partial charge in [0.1, 0.15) is 6.04 Å². The zero-order valence-corrected chi connectivity index (χ0v) is 6.75. The van der Waals surface area contributed by atoms with Gasteiger partial charge >= 0.3 is 12.1 Å². The Balaban J connectivity index is 2.72. The molecule has 3 N–H and O–H groups in total. The number of carbonyl (C=O) groups is 2. The summed E-state index contributed by atoms with van der Waals surface area (Å²) in [6.07, 6.45) is -1.28. The molecule has 1 unspecified atom stereocenters. The Morgan fingerprint density at radius 1 is 1.23 bits per heavy atom. The van der Waals surface area contributed by atoms with Crippen LogP contribution in [-0.2, 0) is 4.79 Å². The lowest BCUT2D eigenvalue weighted by Gasteiger charge is -2.34. The highest BCUT2D eigenvalue weighted by molar-refractivity contribution is 5.79. The number of hydroxylamine groups is 2. The van der Waals surface area contributed by atoms with Crippen molar-refractivity contribution in [2.75, 3.05) is 19.6 Å². The molecule has 1 rings (SSSR count). The Labute approximate surface area is 73.7 Å². The molecular weight excluding hydrogens is 180 g/mol. The van der Waals surface area contributed by atoms with E-state index < -0.39 is 18.1 Å². The molecule has 1 saturated heterocycles. The van der Waals surface area contributed by atoms with Crippen molar-refractivity contribution in [2.24, 2.45) is 0 Å². The summed E-state index contributed by atoms with van der Waals surface area (Å²) in [6.45, 7) is -0.0550. The first-order chi connectivity index (χ1) is 6.02. The second-order valence-corrected chi connectivity index (χ2v) is 2.74. The van der Waals surface area contributed by atoms with Gasteiger partial charge in [0, 0.05) is 13.1 Å². The maximum Gasteiger partial charge on any atom is 0.408 e. The fraction of sp³-hybridized carbons (Fsp3) is 0.667. The van der Waals surface area contributed by atoms with E-state index >= 15 is 0 Å². The standard InChI is InChI=1S/C6H10N2O5/c9-5(10)4-3-7(13)1-2-8(4)6(11)12/h4,13H,1-3H2,(H,9,10)(H,11,12). The highest BCUT2D eigenvalue weighted by Crippen LogP contribution is 2.08. The molecule has 0 spiro atoms. The summed E-state index contributed by atoms with van der Waals surface area (Å²) < 4.78 is 0. The molecular formula is C6H10N2O5. The zero-order valence-electron chi connectivity index (χ0n) is 6.75. The summed E-state index contributed by atoms with van der Waals surface area (Å²) in [5.41, 5.74) is 0. The first-order valence-electron chi connectivity index (χ1n) is 3.68. The van der Waals surface area contributed by atoms with E-state index in [1.165, 1.54) is 0 Å². The van der Waals surface area contributed by atoms with Crippen LogP contribution in [0.5, 0.6) is 0 Å². The molecule has 1 aliphatic heterocycles. The average Bonchev–Trinajstić information content (AvgIpc) is 2.03. The molecule has 1 heterocycles. The lowest BCUT2D eigenvalue weighted by Crippen LogP contribution is -2.57. The van der Waals surface area contributed by atoms with E-state index in [1.54, 1.807) is 0 Å². The van der Waals surface area contributed by atoms with Crippen LogP contribution < -0.4 is 0 Å². The third-order valence-corrected chi connectivity index (χ3v) is 1.89. The van der Waals surface area contributed by atoms with E-state index in [4.69, 9.17) is 15.4 Å². The van der Waals surface area contributed by atoms with E-state index in [1.807, 2.05) is 0 Å². The minimum Gasteiger partial charge on any atom is -0.480 e.